The molecule has 1 aliphatic carbocycles. The number of nitrogens with zero attached hydrogens (tertiary/aromatic N) is 2. The van der Waals surface area contributed by atoms with Crippen LogP contribution in [-0.4, -0.2) is 32.9 Å². The Morgan fingerprint density at radius 1 is 1.13 bits per heavy atom. The maximum Gasteiger partial charge on any atom is 0.271 e. The molecule has 0 saturated heterocycles. The van der Waals surface area contributed by atoms with Crippen LogP contribution in [0.3, 0.4) is 0 Å². The third-order valence-corrected chi connectivity index (χ3v) is 6.98. The molecule has 2 amide bonds. The molecule has 2 aliphatic rings. The highest BCUT2D eigenvalue weighted by molar-refractivity contribution is 6.30. The minimum Gasteiger partial charge on any atom is -0.351 e. The van der Waals surface area contributed by atoms with Crippen LogP contribution in [0.1, 0.15) is 48.7 Å². The third kappa shape index (κ3) is 3.51. The van der Waals surface area contributed by atoms with Gasteiger partial charge in [-0.05, 0) is 49.6 Å². The maximum atomic E-state index is 13.7. The first-order valence-electron chi connectivity index (χ1n) is 10.9. The number of nitrogens with one attached hydrogen (secondary N) is 1. The second-order valence-corrected chi connectivity index (χ2v) is 9.36. The fourth-order valence-electron chi connectivity index (χ4n) is 4.98. The lowest BCUT2D eigenvalue weighted by atomic mass is 9.93. The first-order chi connectivity index (χ1) is 15.0. The number of aromatic nitrogens is 1. The van der Waals surface area contributed by atoms with Gasteiger partial charge in [-0.2, -0.15) is 0 Å². The quantitative estimate of drug-likeness (QED) is 0.641. The highest BCUT2D eigenvalue weighted by Crippen LogP contribution is 2.34. The minimum atomic E-state index is -1.00. The van der Waals surface area contributed by atoms with Gasteiger partial charge in [0.1, 0.15) is 11.2 Å². The molecule has 1 N–H and O–H groups in total. The van der Waals surface area contributed by atoms with Crippen LogP contribution in [0.4, 0.5) is 0 Å². The standard InChI is InChI=1S/C25H26ClN3O2/c1-25(24(31)27-20-10-3-4-11-20)16-28-21-12-5-2-8-18(21)14-22(28)23(30)29(25)15-17-7-6-9-19(26)13-17/h2,5-9,12-14,20H,3-4,10-11,15-16H2,1H3,(H,27,31)/t25-/m0/s1. The van der Waals surface area contributed by atoms with E-state index in [0.29, 0.717) is 23.8 Å². The normalized spacial score (nSPS) is 21.5. The molecular formula is C25H26ClN3O2. The summed E-state index contributed by atoms with van der Waals surface area (Å²) in [7, 11) is 0. The van der Waals surface area contributed by atoms with E-state index in [1.807, 2.05) is 66.1 Å². The second kappa shape index (κ2) is 7.72. The van der Waals surface area contributed by atoms with Crippen molar-refractivity contribution in [3.63, 3.8) is 0 Å². The number of hydrogen-bond donors (Lipinski definition) is 1. The highest BCUT2D eigenvalue weighted by Gasteiger charge is 2.48. The number of carbonyl (C=O) groups excluding carboxylic acids is 2. The fourth-order valence-corrected chi connectivity index (χ4v) is 5.20. The molecule has 6 heteroatoms. The van der Waals surface area contributed by atoms with E-state index in [2.05, 4.69) is 5.32 Å². The van der Waals surface area contributed by atoms with Crippen molar-refractivity contribution in [1.29, 1.82) is 0 Å². The van der Waals surface area contributed by atoms with Crippen LogP contribution in [0, 0.1) is 0 Å². The van der Waals surface area contributed by atoms with Crippen LogP contribution in [0.5, 0.6) is 0 Å². The summed E-state index contributed by atoms with van der Waals surface area (Å²) in [6, 6.07) is 17.5. The van der Waals surface area contributed by atoms with Crippen molar-refractivity contribution in [3.8, 4) is 0 Å². The Balaban J connectivity index is 1.57. The molecule has 31 heavy (non-hydrogen) atoms. The number of carbonyl (C=O) groups is 2. The summed E-state index contributed by atoms with van der Waals surface area (Å²) in [6.07, 6.45) is 4.28. The van der Waals surface area contributed by atoms with Crippen molar-refractivity contribution in [3.05, 3.63) is 70.9 Å². The molecule has 0 unspecified atom stereocenters. The van der Waals surface area contributed by atoms with Crippen molar-refractivity contribution in [2.45, 2.75) is 57.3 Å². The van der Waals surface area contributed by atoms with E-state index >= 15 is 0 Å². The van der Waals surface area contributed by atoms with E-state index in [9.17, 15) is 9.59 Å². The summed E-state index contributed by atoms with van der Waals surface area (Å²) in [5.41, 5.74) is 1.50. The van der Waals surface area contributed by atoms with E-state index in [0.717, 1.165) is 42.1 Å². The fraction of sp³-hybridized carbons (Fsp3) is 0.360. The van der Waals surface area contributed by atoms with Crippen LogP contribution in [-0.2, 0) is 17.9 Å². The van der Waals surface area contributed by atoms with Crippen molar-refractivity contribution < 1.29 is 9.59 Å². The monoisotopic (exact) mass is 435 g/mol. The number of fused-ring (bicyclic) bond motifs is 3. The molecule has 1 saturated carbocycles. The first-order valence-corrected chi connectivity index (χ1v) is 11.3. The second-order valence-electron chi connectivity index (χ2n) is 8.92. The van der Waals surface area contributed by atoms with Gasteiger partial charge in [-0.25, -0.2) is 0 Å². The van der Waals surface area contributed by atoms with E-state index in [1.165, 1.54) is 0 Å². The van der Waals surface area contributed by atoms with E-state index in [-0.39, 0.29) is 17.9 Å². The molecule has 1 fully saturated rings. The van der Waals surface area contributed by atoms with Crippen molar-refractivity contribution >= 4 is 34.3 Å². The molecule has 1 aliphatic heterocycles. The molecular weight excluding hydrogens is 410 g/mol. The topological polar surface area (TPSA) is 54.3 Å². The van der Waals surface area contributed by atoms with Crippen LogP contribution in [0.2, 0.25) is 5.02 Å². The Hall–Kier alpha value is -2.79. The summed E-state index contributed by atoms with van der Waals surface area (Å²) < 4.78 is 2.00. The maximum absolute atomic E-state index is 13.7. The lowest BCUT2D eigenvalue weighted by Crippen LogP contribution is -2.64. The van der Waals surface area contributed by atoms with Crippen molar-refractivity contribution in [2.24, 2.45) is 0 Å². The summed E-state index contributed by atoms with van der Waals surface area (Å²) in [5, 5.41) is 4.86. The van der Waals surface area contributed by atoms with Crippen LogP contribution >= 0.6 is 11.6 Å². The Labute approximate surface area is 187 Å². The van der Waals surface area contributed by atoms with Crippen LogP contribution in [0.25, 0.3) is 10.9 Å². The molecule has 1 aromatic heterocycles. The number of amides is 2. The average Bonchev–Trinajstić information content (AvgIpc) is 3.39. The number of rotatable bonds is 4. The molecule has 3 aromatic rings. The number of benzene rings is 2. The molecule has 0 bridgehead atoms. The molecule has 0 spiro atoms. The van der Waals surface area contributed by atoms with Gasteiger partial charge in [0.2, 0.25) is 5.91 Å². The molecule has 160 valence electrons. The van der Waals surface area contributed by atoms with Gasteiger partial charge in [0.25, 0.3) is 5.91 Å². The predicted molar refractivity (Wildman–Crippen MR) is 122 cm³/mol. The SMILES string of the molecule is C[C@@]1(C(=O)NC2CCCC2)Cn2c(cc3ccccc32)C(=O)N1Cc1cccc(Cl)c1. The Kier molecular flexibility index (Phi) is 5.01. The van der Waals surface area contributed by atoms with Gasteiger partial charge in [-0.15, -0.1) is 0 Å². The molecule has 2 heterocycles. The van der Waals surface area contributed by atoms with Gasteiger partial charge in [0.15, 0.2) is 0 Å². The van der Waals surface area contributed by atoms with Crippen LogP contribution in [0.15, 0.2) is 54.6 Å². The third-order valence-electron chi connectivity index (χ3n) is 6.75. The Morgan fingerprint density at radius 3 is 2.68 bits per heavy atom. The molecule has 0 radical (unpaired) electrons. The number of hydrogen-bond acceptors (Lipinski definition) is 2. The lowest BCUT2D eigenvalue weighted by molar-refractivity contribution is -0.133. The van der Waals surface area contributed by atoms with E-state index < -0.39 is 5.54 Å². The molecule has 5 rings (SSSR count). The van der Waals surface area contributed by atoms with Gasteiger partial charge in [-0.1, -0.05) is 54.8 Å². The van der Waals surface area contributed by atoms with Crippen molar-refractivity contribution in [2.75, 3.05) is 0 Å². The predicted octanol–water partition coefficient (Wildman–Crippen LogP) is 4.77. The van der Waals surface area contributed by atoms with E-state index in [4.69, 9.17) is 11.6 Å². The summed E-state index contributed by atoms with van der Waals surface area (Å²) in [5.74, 6) is -0.218. The summed E-state index contributed by atoms with van der Waals surface area (Å²) in [6.45, 7) is 2.63. The smallest absolute Gasteiger partial charge is 0.271 e. The zero-order valence-electron chi connectivity index (χ0n) is 17.6. The summed E-state index contributed by atoms with van der Waals surface area (Å²) >= 11 is 6.19. The van der Waals surface area contributed by atoms with Crippen LogP contribution < -0.4 is 5.32 Å². The van der Waals surface area contributed by atoms with Gasteiger partial charge in [0.05, 0.1) is 6.54 Å². The number of halogens is 1. The summed E-state index contributed by atoms with van der Waals surface area (Å²) in [4.78, 5) is 29.1. The zero-order valence-corrected chi connectivity index (χ0v) is 18.4. The van der Waals surface area contributed by atoms with E-state index in [1.54, 1.807) is 4.90 Å². The Morgan fingerprint density at radius 2 is 1.90 bits per heavy atom. The Bertz CT molecular complexity index is 1160. The molecule has 2 aromatic carbocycles. The first kappa shape index (κ1) is 20.1. The van der Waals surface area contributed by atoms with Gasteiger partial charge < -0.3 is 14.8 Å². The largest absolute Gasteiger partial charge is 0.351 e. The van der Waals surface area contributed by atoms with Gasteiger partial charge in [0, 0.05) is 28.5 Å². The van der Waals surface area contributed by atoms with Crippen molar-refractivity contribution in [1.82, 2.24) is 14.8 Å². The molecule has 1 atom stereocenters. The zero-order chi connectivity index (χ0) is 21.6. The van der Waals surface area contributed by atoms with Gasteiger partial charge in [-0.3, -0.25) is 9.59 Å². The lowest BCUT2D eigenvalue weighted by Gasteiger charge is -2.44. The number of para-hydroxylation sites is 1. The highest BCUT2D eigenvalue weighted by atomic mass is 35.5. The average molecular weight is 436 g/mol. The molecule has 5 nitrogen and oxygen atoms in total. The van der Waals surface area contributed by atoms with Gasteiger partial charge >= 0.3 is 0 Å². The minimum absolute atomic E-state index is 0.0850.